The normalized spacial score (nSPS) is 57.6. The molecule has 1 fully saturated rings. The summed E-state index contributed by atoms with van der Waals surface area (Å²) >= 11 is 0. The van der Waals surface area contributed by atoms with E-state index >= 15 is 0 Å². The second kappa shape index (κ2) is 3.82. The Morgan fingerprint density at radius 2 is 2.79 bits per heavy atom. The highest BCUT2D eigenvalue weighted by atomic mass is 15.3. The maximum atomic E-state index is 8.37. The number of piperidine rings is 1. The van der Waals surface area contributed by atoms with E-state index in [1.54, 1.807) is 0 Å². The van der Waals surface area contributed by atoms with E-state index in [-0.39, 0.29) is 4.90 Å². The first kappa shape index (κ1) is 2.26. The van der Waals surface area contributed by atoms with Crippen LogP contribution in [0.25, 0.3) is 0 Å². The topological polar surface area (TPSA) is 55.8 Å². The van der Waals surface area contributed by atoms with Gasteiger partial charge in [0, 0.05) is 27.6 Å². The SMILES string of the molecule is [2H]c1c(N2C([2H])([2H])C([2H])([2H])C([2H])([2H])C([2H])([2H])C2([2H])C([2H])([2H])[2H])n[nH]c(=N)c1[2H]. The Kier molecular flexibility index (Phi) is 0.616. The lowest BCUT2D eigenvalue weighted by Gasteiger charge is -2.33. The molecule has 4 nitrogen and oxygen atoms in total. The molecule has 2 rings (SSSR count). The largest absolute Gasteiger partial charge is 0.352 e. The molecule has 1 aromatic rings. The number of nitrogens with zero attached hydrogens (tertiary/aromatic N) is 2. The minimum atomic E-state index is -3.84. The van der Waals surface area contributed by atoms with E-state index in [1.165, 1.54) is 0 Å². The van der Waals surface area contributed by atoms with Crippen LogP contribution < -0.4 is 10.4 Å². The van der Waals surface area contributed by atoms with Crippen LogP contribution in [0.2, 0.25) is 0 Å². The van der Waals surface area contributed by atoms with Crippen LogP contribution in [0.4, 0.5) is 5.82 Å². The van der Waals surface area contributed by atoms with E-state index < -0.39 is 61.9 Å². The van der Waals surface area contributed by atoms with Gasteiger partial charge in [-0.1, -0.05) is 0 Å². The van der Waals surface area contributed by atoms with Gasteiger partial charge in [0.15, 0.2) is 0 Å². The number of nitrogens with one attached hydrogen (secondary N) is 2. The van der Waals surface area contributed by atoms with Crippen molar-refractivity contribution in [3.63, 3.8) is 0 Å². The standard InChI is InChI=1S/C10H16N4/c1-8-4-2-3-7-14(8)10-6-5-9(11)12-13-10/h5-6,8H,2-4,7H2,1H3,(H2,11,12)/i1D3,2D2,3D2,4D2,5D,6D,7D2,8D. The molecule has 1 aromatic heterocycles. The van der Waals surface area contributed by atoms with E-state index in [1.807, 2.05) is 5.10 Å². The molecule has 0 saturated carbocycles. The van der Waals surface area contributed by atoms with Crippen molar-refractivity contribution >= 4 is 5.82 Å². The van der Waals surface area contributed by atoms with E-state index in [4.69, 9.17) is 24.6 Å². The molecule has 4 heteroatoms. The van der Waals surface area contributed by atoms with E-state index in [2.05, 4.69) is 5.10 Å². The van der Waals surface area contributed by atoms with Crippen molar-refractivity contribution in [3.8, 4) is 0 Å². The van der Waals surface area contributed by atoms with Gasteiger partial charge in [-0.2, -0.15) is 5.10 Å². The average Bonchev–Trinajstić information content (AvgIpc) is 2.52. The predicted molar refractivity (Wildman–Crippen MR) is 55.1 cm³/mol. The molecule has 1 unspecified atom stereocenters. The number of anilines is 1. The monoisotopic (exact) mass is 206 g/mol. The highest BCUT2D eigenvalue weighted by Crippen LogP contribution is 2.21. The number of rotatable bonds is 1. The van der Waals surface area contributed by atoms with Gasteiger partial charge in [-0.25, -0.2) is 0 Å². The lowest BCUT2D eigenvalue weighted by atomic mass is 10.0. The van der Waals surface area contributed by atoms with E-state index in [0.29, 0.717) is 0 Å². The summed E-state index contributed by atoms with van der Waals surface area (Å²) in [5.41, 5.74) is -0.711. The quantitative estimate of drug-likeness (QED) is 0.727. The van der Waals surface area contributed by atoms with Crippen molar-refractivity contribution in [3.05, 3.63) is 17.6 Å². The van der Waals surface area contributed by atoms with Crippen LogP contribution in [0.15, 0.2) is 12.1 Å². The van der Waals surface area contributed by atoms with Gasteiger partial charge < -0.3 is 4.90 Å². The van der Waals surface area contributed by atoms with Crippen LogP contribution in [0, 0.1) is 5.41 Å². The van der Waals surface area contributed by atoms with Crippen LogP contribution in [0.3, 0.4) is 0 Å². The van der Waals surface area contributed by atoms with Crippen molar-refractivity contribution in [2.24, 2.45) is 0 Å². The lowest BCUT2D eigenvalue weighted by Crippen LogP contribution is -2.38. The van der Waals surface area contributed by atoms with Crippen LogP contribution in [-0.4, -0.2) is 22.7 Å². The molecule has 76 valence electrons. The second-order valence-corrected chi connectivity index (χ2v) is 2.34. The summed E-state index contributed by atoms with van der Waals surface area (Å²) < 4.78 is 111. The summed E-state index contributed by atoms with van der Waals surface area (Å²) in [6.07, 6.45) is -11.3. The van der Waals surface area contributed by atoms with Crippen molar-refractivity contribution in [2.75, 3.05) is 11.4 Å². The molecular weight excluding hydrogens is 176 g/mol. The molecule has 0 aliphatic carbocycles. The van der Waals surface area contributed by atoms with E-state index in [0.717, 1.165) is 0 Å². The molecule has 1 aliphatic heterocycles. The molecule has 0 amide bonds. The van der Waals surface area contributed by atoms with Gasteiger partial charge in [0.2, 0.25) is 0 Å². The summed E-state index contributed by atoms with van der Waals surface area (Å²) in [5, 5.41) is 12.7. The highest BCUT2D eigenvalue weighted by molar-refractivity contribution is 5.37. The fraction of sp³-hybridized carbons (Fsp3) is 0.600. The first-order chi connectivity index (χ1) is 12.2. The highest BCUT2D eigenvalue weighted by Gasteiger charge is 2.19. The van der Waals surface area contributed by atoms with Gasteiger partial charge >= 0.3 is 0 Å². The lowest BCUT2D eigenvalue weighted by molar-refractivity contribution is 0.479. The zero-order valence-corrected chi connectivity index (χ0v) is 6.89. The summed E-state index contributed by atoms with van der Waals surface area (Å²) in [5.74, 6) is -1.11. The molecule has 0 radical (unpaired) electrons. The third-order valence-electron chi connectivity index (χ3n) is 1.42. The summed E-state index contributed by atoms with van der Waals surface area (Å²) in [6, 6.07) is -5.73. The van der Waals surface area contributed by atoms with Gasteiger partial charge in [-0.15, -0.1) is 0 Å². The van der Waals surface area contributed by atoms with Crippen LogP contribution in [-0.2, 0) is 0 Å². The van der Waals surface area contributed by atoms with Crippen molar-refractivity contribution in [1.29, 1.82) is 5.41 Å². The van der Waals surface area contributed by atoms with Crippen LogP contribution in [0.1, 0.15) is 45.2 Å². The number of H-pyrrole nitrogens is 1. The van der Waals surface area contributed by atoms with Gasteiger partial charge in [0.25, 0.3) is 0 Å². The fourth-order valence-electron chi connectivity index (χ4n) is 0.834. The Balaban J connectivity index is 3.07. The Morgan fingerprint density at radius 3 is 3.64 bits per heavy atom. The van der Waals surface area contributed by atoms with Crippen molar-refractivity contribution < 1.29 is 19.2 Å². The van der Waals surface area contributed by atoms with Crippen LogP contribution in [0.5, 0.6) is 0 Å². The molecule has 0 aromatic carbocycles. The zero-order valence-electron chi connectivity index (χ0n) is 20.9. The van der Waals surface area contributed by atoms with Gasteiger partial charge in [-0.05, 0) is 38.1 Å². The Hall–Kier alpha value is -1.32. The zero-order chi connectivity index (χ0) is 22.3. The average molecular weight is 206 g/mol. The molecule has 2 heterocycles. The maximum Gasteiger partial charge on any atom is 0.149 e. The molecular formula is C10H16N4. The third-order valence-corrected chi connectivity index (χ3v) is 1.42. The van der Waals surface area contributed by atoms with Gasteiger partial charge in [-0.3, -0.25) is 10.5 Å². The summed E-state index contributed by atoms with van der Waals surface area (Å²) in [6.45, 7) is -7.44. The smallest absolute Gasteiger partial charge is 0.149 e. The summed E-state index contributed by atoms with van der Waals surface area (Å²) in [7, 11) is 0. The number of hydrogen-bond acceptors (Lipinski definition) is 3. The number of hydrogen-bond donors (Lipinski definition) is 2. The Bertz CT molecular complexity index is 857. The Labute approximate surface area is 103 Å². The first-order valence-corrected chi connectivity index (χ1v) is 3.62. The number of aromatic amines is 1. The summed E-state index contributed by atoms with van der Waals surface area (Å²) in [4.78, 5) is -0.259. The molecule has 0 bridgehead atoms. The molecule has 2 N–H and O–H groups in total. The third kappa shape index (κ3) is 1.78. The van der Waals surface area contributed by atoms with Crippen molar-refractivity contribution in [2.45, 2.75) is 32.0 Å². The minimum Gasteiger partial charge on any atom is -0.352 e. The van der Waals surface area contributed by atoms with Gasteiger partial charge in [0.05, 0.1) is 4.11 Å². The van der Waals surface area contributed by atoms with Gasteiger partial charge in [0.1, 0.15) is 11.3 Å². The predicted octanol–water partition coefficient (Wildman–Crippen LogP) is 1.27. The molecule has 14 heavy (non-hydrogen) atoms. The molecule has 1 atom stereocenters. The first-order valence-electron chi connectivity index (χ1n) is 10.6. The van der Waals surface area contributed by atoms with E-state index in [9.17, 15) is 0 Å². The minimum absolute atomic E-state index is 0.259. The molecule has 1 aliphatic rings. The maximum absolute atomic E-state index is 8.37. The van der Waals surface area contributed by atoms with Crippen LogP contribution >= 0.6 is 0 Å². The number of aromatic nitrogens is 2. The molecule has 1 saturated heterocycles. The Morgan fingerprint density at radius 1 is 1.86 bits per heavy atom. The van der Waals surface area contributed by atoms with Crippen molar-refractivity contribution in [1.82, 2.24) is 10.2 Å². The second-order valence-electron chi connectivity index (χ2n) is 2.34. The fourth-order valence-corrected chi connectivity index (χ4v) is 0.834. The molecule has 0 spiro atoms.